The van der Waals surface area contributed by atoms with Crippen LogP contribution < -0.4 is 0 Å². The second-order valence-corrected chi connectivity index (χ2v) is 6.87. The van der Waals surface area contributed by atoms with Gasteiger partial charge in [0.05, 0.1) is 85.9 Å². The van der Waals surface area contributed by atoms with Gasteiger partial charge in [0.2, 0.25) is 0 Å². The first-order chi connectivity index (χ1) is 12.6. The topological polar surface area (TPSA) is 64.6 Å². The largest absolute Gasteiger partial charge is 0.379 e. The summed E-state index contributed by atoms with van der Waals surface area (Å²) in [5, 5.41) is 0. The van der Waals surface area contributed by atoms with Crippen molar-refractivity contribution in [1.29, 1.82) is 0 Å². The van der Waals surface area contributed by atoms with Crippen LogP contribution in [0.15, 0.2) is 0 Å². The molecule has 0 amide bonds. The third-order valence-electron chi connectivity index (χ3n) is 2.97. The molecule has 0 saturated heterocycles. The van der Waals surface area contributed by atoms with Crippen LogP contribution in [0.2, 0.25) is 0 Å². The second kappa shape index (κ2) is 19.5. The zero-order chi connectivity index (χ0) is 19.3. The number of rotatable bonds is 20. The van der Waals surface area contributed by atoms with Crippen LogP contribution >= 0.6 is 0 Å². The quantitative estimate of drug-likeness (QED) is 0.300. The van der Waals surface area contributed by atoms with Gasteiger partial charge in [-0.05, 0) is 12.3 Å². The highest BCUT2D eigenvalue weighted by atomic mass is 16.6. The molecule has 0 aliphatic carbocycles. The SMILES string of the molecule is CCOCCOCCOCCOCCOCCOCCOCC(C)(C)C. The molecule has 0 atom stereocenters. The monoisotopic (exact) mass is 380 g/mol. The summed E-state index contributed by atoms with van der Waals surface area (Å²) in [4.78, 5) is 0. The van der Waals surface area contributed by atoms with E-state index in [9.17, 15) is 0 Å². The van der Waals surface area contributed by atoms with Crippen molar-refractivity contribution in [2.75, 3.05) is 92.5 Å². The highest BCUT2D eigenvalue weighted by Crippen LogP contribution is 2.12. The van der Waals surface area contributed by atoms with Crippen LogP contribution in [0.4, 0.5) is 0 Å². The van der Waals surface area contributed by atoms with E-state index in [1.54, 1.807) is 0 Å². The fraction of sp³-hybridized carbons (Fsp3) is 1.00. The zero-order valence-corrected chi connectivity index (χ0v) is 17.3. The first kappa shape index (κ1) is 25.7. The summed E-state index contributed by atoms with van der Waals surface area (Å²) in [6.45, 7) is 16.9. The molecule has 0 aromatic carbocycles. The van der Waals surface area contributed by atoms with Gasteiger partial charge in [-0.1, -0.05) is 20.8 Å². The smallest absolute Gasteiger partial charge is 0.0701 e. The third-order valence-corrected chi connectivity index (χ3v) is 2.97. The summed E-state index contributed by atoms with van der Waals surface area (Å²) in [5.74, 6) is 0. The molecule has 0 aromatic heterocycles. The van der Waals surface area contributed by atoms with E-state index >= 15 is 0 Å². The van der Waals surface area contributed by atoms with Gasteiger partial charge in [-0.15, -0.1) is 0 Å². The van der Waals surface area contributed by atoms with Crippen LogP contribution in [0.1, 0.15) is 27.7 Å². The predicted molar refractivity (Wildman–Crippen MR) is 101 cm³/mol. The molecule has 0 rings (SSSR count). The zero-order valence-electron chi connectivity index (χ0n) is 17.3. The number of hydrogen-bond acceptors (Lipinski definition) is 7. The van der Waals surface area contributed by atoms with E-state index in [0.717, 1.165) is 13.2 Å². The Morgan fingerprint density at radius 3 is 0.962 bits per heavy atom. The van der Waals surface area contributed by atoms with Gasteiger partial charge in [0, 0.05) is 6.61 Å². The van der Waals surface area contributed by atoms with Crippen LogP contribution in [-0.4, -0.2) is 92.5 Å². The summed E-state index contributed by atoms with van der Waals surface area (Å²) < 4.78 is 37.7. The van der Waals surface area contributed by atoms with Gasteiger partial charge in [0.25, 0.3) is 0 Å². The summed E-state index contributed by atoms with van der Waals surface area (Å²) in [5.41, 5.74) is 0.200. The molecule has 0 spiro atoms. The fourth-order valence-corrected chi connectivity index (χ4v) is 1.74. The fourth-order valence-electron chi connectivity index (χ4n) is 1.74. The molecule has 158 valence electrons. The van der Waals surface area contributed by atoms with Crippen LogP contribution in [0.25, 0.3) is 0 Å². The molecule has 26 heavy (non-hydrogen) atoms. The highest BCUT2D eigenvalue weighted by Gasteiger charge is 2.09. The Balaban J connectivity index is 3.01. The Labute approximate surface area is 159 Å². The molecule has 0 N–H and O–H groups in total. The van der Waals surface area contributed by atoms with Gasteiger partial charge in [0.15, 0.2) is 0 Å². The van der Waals surface area contributed by atoms with E-state index in [2.05, 4.69) is 20.8 Å². The summed E-state index contributed by atoms with van der Waals surface area (Å²) in [6.07, 6.45) is 0. The molecule has 7 heteroatoms. The molecule has 0 aliphatic heterocycles. The minimum Gasteiger partial charge on any atom is -0.379 e. The molecule has 0 aliphatic rings. The van der Waals surface area contributed by atoms with Crippen molar-refractivity contribution in [3.63, 3.8) is 0 Å². The Kier molecular flexibility index (Phi) is 19.3. The van der Waals surface area contributed by atoms with E-state index in [-0.39, 0.29) is 5.41 Å². The van der Waals surface area contributed by atoms with Crippen molar-refractivity contribution in [2.24, 2.45) is 5.41 Å². The van der Waals surface area contributed by atoms with Crippen LogP contribution in [0.3, 0.4) is 0 Å². The summed E-state index contributed by atoms with van der Waals surface area (Å²) in [6, 6.07) is 0. The Morgan fingerprint density at radius 2 is 0.692 bits per heavy atom. The van der Waals surface area contributed by atoms with Gasteiger partial charge in [-0.3, -0.25) is 0 Å². The van der Waals surface area contributed by atoms with Crippen molar-refractivity contribution in [2.45, 2.75) is 27.7 Å². The minimum atomic E-state index is 0.200. The van der Waals surface area contributed by atoms with E-state index in [1.807, 2.05) is 6.92 Å². The first-order valence-corrected chi connectivity index (χ1v) is 9.60. The van der Waals surface area contributed by atoms with Crippen molar-refractivity contribution in [3.8, 4) is 0 Å². The lowest BCUT2D eigenvalue weighted by Gasteiger charge is -2.17. The van der Waals surface area contributed by atoms with Crippen LogP contribution in [0, 0.1) is 5.41 Å². The average Bonchev–Trinajstić information content (AvgIpc) is 2.59. The molecule has 0 fully saturated rings. The molecule has 0 bridgehead atoms. The molecule has 0 heterocycles. The molecule has 0 unspecified atom stereocenters. The molecule has 0 radical (unpaired) electrons. The van der Waals surface area contributed by atoms with Crippen molar-refractivity contribution >= 4 is 0 Å². The molecule has 7 nitrogen and oxygen atoms in total. The molecular formula is C19H40O7. The van der Waals surface area contributed by atoms with Gasteiger partial charge in [-0.25, -0.2) is 0 Å². The van der Waals surface area contributed by atoms with Crippen LogP contribution in [0.5, 0.6) is 0 Å². The predicted octanol–water partition coefficient (Wildman–Crippen LogP) is 2.17. The summed E-state index contributed by atoms with van der Waals surface area (Å²) in [7, 11) is 0. The normalized spacial score (nSPS) is 12.0. The maximum Gasteiger partial charge on any atom is 0.0701 e. The lowest BCUT2D eigenvalue weighted by molar-refractivity contribution is -0.0230. The lowest BCUT2D eigenvalue weighted by atomic mass is 9.99. The Bertz CT molecular complexity index is 269. The standard InChI is InChI=1S/C19H40O7/c1-5-20-6-7-21-8-9-22-10-11-23-12-13-24-14-15-25-16-17-26-18-19(2,3)4/h5-18H2,1-4H3. The Morgan fingerprint density at radius 1 is 0.423 bits per heavy atom. The van der Waals surface area contributed by atoms with Gasteiger partial charge in [0.1, 0.15) is 0 Å². The van der Waals surface area contributed by atoms with Crippen molar-refractivity contribution in [3.05, 3.63) is 0 Å². The van der Waals surface area contributed by atoms with Gasteiger partial charge >= 0.3 is 0 Å². The molecule has 0 aromatic rings. The maximum atomic E-state index is 5.52. The Hall–Kier alpha value is -0.280. The molecular weight excluding hydrogens is 340 g/mol. The van der Waals surface area contributed by atoms with Gasteiger partial charge in [-0.2, -0.15) is 0 Å². The first-order valence-electron chi connectivity index (χ1n) is 9.60. The second-order valence-electron chi connectivity index (χ2n) is 6.87. The maximum absolute atomic E-state index is 5.52. The van der Waals surface area contributed by atoms with Crippen LogP contribution in [-0.2, 0) is 33.2 Å². The van der Waals surface area contributed by atoms with E-state index < -0.39 is 0 Å². The highest BCUT2D eigenvalue weighted by molar-refractivity contribution is 4.58. The lowest BCUT2D eigenvalue weighted by Crippen LogP contribution is -2.17. The minimum absolute atomic E-state index is 0.200. The van der Waals surface area contributed by atoms with Crippen molar-refractivity contribution in [1.82, 2.24) is 0 Å². The summed E-state index contributed by atoms with van der Waals surface area (Å²) >= 11 is 0. The van der Waals surface area contributed by atoms with E-state index in [0.29, 0.717) is 79.3 Å². The number of hydrogen-bond donors (Lipinski definition) is 0. The number of ether oxygens (including phenoxy) is 7. The van der Waals surface area contributed by atoms with Gasteiger partial charge < -0.3 is 33.2 Å². The van der Waals surface area contributed by atoms with E-state index in [1.165, 1.54) is 0 Å². The van der Waals surface area contributed by atoms with E-state index in [4.69, 9.17) is 33.2 Å². The average molecular weight is 381 g/mol. The molecule has 0 saturated carbocycles. The third kappa shape index (κ3) is 23.7. The van der Waals surface area contributed by atoms with Crippen molar-refractivity contribution < 1.29 is 33.2 Å².